The van der Waals surface area contributed by atoms with E-state index in [1.54, 1.807) is 42.6 Å². The molecule has 0 saturated carbocycles. The Hall–Kier alpha value is -3.11. The second kappa shape index (κ2) is 8.32. The predicted octanol–water partition coefficient (Wildman–Crippen LogP) is 3.90. The van der Waals surface area contributed by atoms with Gasteiger partial charge in [0.1, 0.15) is 17.4 Å². The van der Waals surface area contributed by atoms with E-state index in [9.17, 15) is 4.79 Å². The van der Waals surface area contributed by atoms with E-state index in [-0.39, 0.29) is 6.61 Å². The fourth-order valence-electron chi connectivity index (χ4n) is 2.19. The van der Waals surface area contributed by atoms with Gasteiger partial charge in [0.15, 0.2) is 0 Å². The Kier molecular flexibility index (Phi) is 5.66. The third kappa shape index (κ3) is 4.49. The zero-order valence-corrected chi connectivity index (χ0v) is 14.8. The van der Waals surface area contributed by atoms with Crippen molar-refractivity contribution < 1.29 is 14.1 Å². The lowest BCUT2D eigenvalue weighted by atomic mass is 10.1. The van der Waals surface area contributed by atoms with Gasteiger partial charge in [-0.3, -0.25) is 0 Å². The molecule has 6 nitrogen and oxygen atoms in total. The molecule has 3 rings (SSSR count). The fraction of sp³-hybridized carbons (Fsp3) is 0.158. The first-order chi connectivity index (χ1) is 12.7. The smallest absolute Gasteiger partial charge is 0.341 e. The van der Waals surface area contributed by atoms with E-state index in [1.165, 1.54) is 11.8 Å². The van der Waals surface area contributed by atoms with Gasteiger partial charge in [0.2, 0.25) is 0 Å². The minimum Gasteiger partial charge on any atom is -0.457 e. The molecule has 0 atom stereocenters. The zero-order chi connectivity index (χ0) is 18.4. The maximum absolute atomic E-state index is 12.4. The van der Waals surface area contributed by atoms with Crippen molar-refractivity contribution in [3.8, 4) is 6.07 Å². The first-order valence-corrected chi connectivity index (χ1v) is 8.80. The van der Waals surface area contributed by atoms with E-state index in [0.29, 0.717) is 21.9 Å². The van der Waals surface area contributed by atoms with Gasteiger partial charge in [0.25, 0.3) is 0 Å². The van der Waals surface area contributed by atoms with Gasteiger partial charge in [-0.15, -0.1) is 0 Å². The molecule has 2 heterocycles. The number of thioether (sulfide) groups is 1. The van der Waals surface area contributed by atoms with Crippen molar-refractivity contribution in [3.05, 3.63) is 76.8 Å². The van der Waals surface area contributed by atoms with E-state index in [1.807, 2.05) is 13.0 Å². The van der Waals surface area contributed by atoms with Gasteiger partial charge in [-0.2, -0.15) is 5.26 Å². The van der Waals surface area contributed by atoms with Crippen LogP contribution in [0.1, 0.15) is 32.9 Å². The van der Waals surface area contributed by atoms with Crippen LogP contribution in [-0.4, -0.2) is 16.1 Å². The highest BCUT2D eigenvalue weighted by molar-refractivity contribution is 7.98. The molecule has 3 aromatic rings. The second-order valence-electron chi connectivity index (χ2n) is 5.46. The van der Waals surface area contributed by atoms with Crippen LogP contribution in [0.5, 0.6) is 0 Å². The van der Waals surface area contributed by atoms with Crippen LogP contribution in [0.15, 0.2) is 58.2 Å². The molecule has 26 heavy (non-hydrogen) atoms. The van der Waals surface area contributed by atoms with Crippen LogP contribution < -0.4 is 0 Å². The van der Waals surface area contributed by atoms with E-state index in [2.05, 4.69) is 16.2 Å². The zero-order valence-electron chi connectivity index (χ0n) is 14.0. The first kappa shape index (κ1) is 17.7. The molecule has 0 saturated heterocycles. The van der Waals surface area contributed by atoms with Gasteiger partial charge in [-0.25, -0.2) is 9.78 Å². The standard InChI is InChI=1S/C19H15N3O3S/c1-13-9-16(22-25-13)12-26-18-17(3-2-8-21-18)19(23)24-11-15-6-4-14(10-20)5-7-15/h2-9H,11-12H2,1H3. The van der Waals surface area contributed by atoms with Gasteiger partial charge in [0.05, 0.1) is 22.9 Å². The van der Waals surface area contributed by atoms with Gasteiger partial charge in [-0.1, -0.05) is 29.1 Å². The molecule has 0 bridgehead atoms. The number of hydrogen-bond acceptors (Lipinski definition) is 7. The van der Waals surface area contributed by atoms with Crippen molar-refractivity contribution >= 4 is 17.7 Å². The largest absolute Gasteiger partial charge is 0.457 e. The highest BCUT2D eigenvalue weighted by Crippen LogP contribution is 2.24. The highest BCUT2D eigenvalue weighted by atomic mass is 32.2. The van der Waals surface area contributed by atoms with Crippen molar-refractivity contribution in [1.82, 2.24) is 10.1 Å². The quantitative estimate of drug-likeness (QED) is 0.483. The number of hydrogen-bond donors (Lipinski definition) is 0. The SMILES string of the molecule is Cc1cc(CSc2ncccc2C(=O)OCc2ccc(C#N)cc2)no1. The number of nitrogens with zero attached hydrogens (tertiary/aromatic N) is 3. The molecular formula is C19H15N3O3S. The maximum Gasteiger partial charge on any atom is 0.341 e. The van der Waals surface area contributed by atoms with Gasteiger partial charge in [-0.05, 0) is 36.8 Å². The summed E-state index contributed by atoms with van der Waals surface area (Å²) in [6, 6.07) is 14.2. The van der Waals surface area contributed by atoms with Crippen molar-refractivity contribution in [2.24, 2.45) is 0 Å². The Morgan fingerprint density at radius 3 is 2.81 bits per heavy atom. The van der Waals surface area contributed by atoms with E-state index in [0.717, 1.165) is 17.0 Å². The molecule has 0 radical (unpaired) electrons. The van der Waals surface area contributed by atoms with E-state index >= 15 is 0 Å². The summed E-state index contributed by atoms with van der Waals surface area (Å²) in [5, 5.41) is 13.3. The maximum atomic E-state index is 12.4. The van der Waals surface area contributed by atoms with E-state index in [4.69, 9.17) is 14.5 Å². The molecule has 1 aromatic carbocycles. The van der Waals surface area contributed by atoms with Crippen LogP contribution in [-0.2, 0) is 17.1 Å². The summed E-state index contributed by atoms with van der Waals surface area (Å²) >= 11 is 1.40. The van der Waals surface area contributed by atoms with Crippen LogP contribution >= 0.6 is 11.8 Å². The molecule has 0 aliphatic rings. The number of rotatable bonds is 6. The summed E-state index contributed by atoms with van der Waals surface area (Å²) in [6.45, 7) is 1.96. The van der Waals surface area contributed by atoms with Crippen LogP contribution in [0.4, 0.5) is 0 Å². The predicted molar refractivity (Wildman–Crippen MR) is 95.3 cm³/mol. The topological polar surface area (TPSA) is 89.0 Å². The van der Waals surface area contributed by atoms with Crippen LogP contribution in [0.25, 0.3) is 0 Å². The third-order valence-electron chi connectivity index (χ3n) is 3.48. The summed E-state index contributed by atoms with van der Waals surface area (Å²) < 4.78 is 10.4. The lowest BCUT2D eigenvalue weighted by Crippen LogP contribution is -2.07. The molecule has 0 spiro atoms. The molecule has 0 fully saturated rings. The monoisotopic (exact) mass is 365 g/mol. The third-order valence-corrected chi connectivity index (χ3v) is 4.52. The number of aromatic nitrogens is 2. The van der Waals surface area contributed by atoms with Gasteiger partial charge >= 0.3 is 5.97 Å². The Balaban J connectivity index is 1.64. The number of carbonyl (C=O) groups is 1. The summed E-state index contributed by atoms with van der Waals surface area (Å²) in [5.74, 6) is 0.842. The van der Waals surface area contributed by atoms with Gasteiger partial charge < -0.3 is 9.26 Å². The number of esters is 1. The molecule has 2 aromatic heterocycles. The van der Waals surface area contributed by atoms with Crippen LogP contribution in [0.2, 0.25) is 0 Å². The van der Waals surface area contributed by atoms with Crippen LogP contribution in [0.3, 0.4) is 0 Å². The molecule has 0 amide bonds. The number of nitriles is 1. The average Bonchev–Trinajstić information content (AvgIpc) is 3.10. The Morgan fingerprint density at radius 2 is 2.12 bits per heavy atom. The summed E-state index contributed by atoms with van der Waals surface area (Å²) in [4.78, 5) is 16.7. The molecule has 0 aliphatic heterocycles. The average molecular weight is 365 g/mol. The van der Waals surface area contributed by atoms with Crippen molar-refractivity contribution in [2.75, 3.05) is 0 Å². The van der Waals surface area contributed by atoms with Crippen molar-refractivity contribution in [3.63, 3.8) is 0 Å². The number of ether oxygens (including phenoxy) is 1. The molecular weight excluding hydrogens is 350 g/mol. The minimum atomic E-state index is -0.443. The number of pyridine rings is 1. The summed E-state index contributed by atoms with van der Waals surface area (Å²) in [7, 11) is 0. The second-order valence-corrected chi connectivity index (χ2v) is 6.42. The Bertz CT molecular complexity index is 945. The lowest BCUT2D eigenvalue weighted by Gasteiger charge is -2.08. The molecule has 7 heteroatoms. The Morgan fingerprint density at radius 1 is 1.31 bits per heavy atom. The molecule has 0 unspecified atom stereocenters. The first-order valence-electron chi connectivity index (χ1n) is 7.82. The Labute approximate surface area is 154 Å². The summed E-state index contributed by atoms with van der Waals surface area (Å²) in [6.07, 6.45) is 1.63. The highest BCUT2D eigenvalue weighted by Gasteiger charge is 2.15. The molecule has 0 N–H and O–H groups in total. The van der Waals surface area contributed by atoms with Gasteiger partial charge in [0, 0.05) is 18.0 Å². The van der Waals surface area contributed by atoms with Crippen molar-refractivity contribution in [2.45, 2.75) is 24.3 Å². The molecule has 130 valence electrons. The lowest BCUT2D eigenvalue weighted by molar-refractivity contribution is 0.0467. The number of benzene rings is 1. The van der Waals surface area contributed by atoms with Crippen molar-refractivity contribution in [1.29, 1.82) is 5.26 Å². The molecule has 0 aliphatic carbocycles. The number of aryl methyl sites for hydroxylation is 1. The van der Waals surface area contributed by atoms with E-state index < -0.39 is 5.97 Å². The minimum absolute atomic E-state index is 0.131. The number of carbonyl (C=O) groups excluding carboxylic acids is 1. The normalized spacial score (nSPS) is 10.3. The summed E-state index contributed by atoms with van der Waals surface area (Å²) in [5.41, 5.74) is 2.57. The fourth-order valence-corrected chi connectivity index (χ4v) is 3.05. The van der Waals surface area contributed by atoms with Crippen LogP contribution in [0, 0.1) is 18.3 Å².